The predicted octanol–water partition coefficient (Wildman–Crippen LogP) is 1.69. The minimum atomic E-state index is -0.413. The largest absolute Gasteiger partial charge is 0.414 e. The average Bonchev–Trinajstić information content (AvgIpc) is 2.29. The highest BCUT2D eigenvalue weighted by Gasteiger charge is 2.09. The number of nitrogens with zero attached hydrogens (tertiary/aromatic N) is 3. The quantitative estimate of drug-likeness (QED) is 0.729. The number of ether oxygens (including phenoxy) is 1. The Morgan fingerprint density at radius 3 is 2.88 bits per heavy atom. The number of amides is 1. The molecule has 2 heterocycles. The van der Waals surface area contributed by atoms with Crippen molar-refractivity contribution >= 4 is 17.0 Å². The van der Waals surface area contributed by atoms with E-state index in [0.717, 1.165) is 5.39 Å². The fourth-order valence-electron chi connectivity index (χ4n) is 1.25. The Morgan fingerprint density at radius 1 is 1.31 bits per heavy atom. The number of carbonyl (C=O) groups is 1. The second kappa shape index (κ2) is 4.14. The summed E-state index contributed by atoms with van der Waals surface area (Å²) in [6, 6.07) is 3.42. The zero-order chi connectivity index (χ0) is 11.5. The van der Waals surface area contributed by atoms with E-state index in [1.165, 1.54) is 4.90 Å². The molecule has 0 atom stereocenters. The molecule has 0 aromatic carbocycles. The average molecular weight is 217 g/mol. The fraction of sp³-hybridized carbons (Fsp3) is 0.182. The van der Waals surface area contributed by atoms with Crippen molar-refractivity contribution in [3.63, 3.8) is 0 Å². The summed E-state index contributed by atoms with van der Waals surface area (Å²) in [6.45, 7) is 0. The van der Waals surface area contributed by atoms with Gasteiger partial charge < -0.3 is 9.64 Å². The number of hydrogen-bond donors (Lipinski definition) is 0. The molecule has 2 aromatic heterocycles. The first kappa shape index (κ1) is 10.4. The lowest BCUT2D eigenvalue weighted by molar-refractivity contribution is 0.172. The minimum absolute atomic E-state index is 0.413. The molecular weight excluding hydrogens is 206 g/mol. The maximum Gasteiger partial charge on any atom is 0.414 e. The lowest BCUT2D eigenvalue weighted by Gasteiger charge is -2.11. The minimum Gasteiger partial charge on any atom is -0.409 e. The summed E-state index contributed by atoms with van der Waals surface area (Å²) in [4.78, 5) is 20.9. The molecule has 0 N–H and O–H groups in total. The Labute approximate surface area is 92.7 Å². The van der Waals surface area contributed by atoms with E-state index >= 15 is 0 Å². The van der Waals surface area contributed by atoms with Crippen LogP contribution in [0.15, 0.2) is 30.7 Å². The van der Waals surface area contributed by atoms with Gasteiger partial charge in [-0.3, -0.25) is 9.97 Å². The van der Waals surface area contributed by atoms with Gasteiger partial charge in [-0.2, -0.15) is 0 Å². The number of pyridine rings is 2. The predicted molar refractivity (Wildman–Crippen MR) is 59.2 cm³/mol. The van der Waals surface area contributed by atoms with Gasteiger partial charge in [0.25, 0.3) is 0 Å². The van der Waals surface area contributed by atoms with Crippen molar-refractivity contribution in [2.75, 3.05) is 14.1 Å². The zero-order valence-corrected chi connectivity index (χ0v) is 9.04. The van der Waals surface area contributed by atoms with E-state index in [4.69, 9.17) is 4.74 Å². The van der Waals surface area contributed by atoms with E-state index < -0.39 is 6.09 Å². The van der Waals surface area contributed by atoms with Crippen molar-refractivity contribution in [3.05, 3.63) is 30.7 Å². The van der Waals surface area contributed by atoms with Crippen molar-refractivity contribution in [2.45, 2.75) is 0 Å². The van der Waals surface area contributed by atoms with Crippen molar-refractivity contribution in [3.8, 4) is 5.75 Å². The maximum absolute atomic E-state index is 11.4. The molecule has 0 bridgehead atoms. The van der Waals surface area contributed by atoms with Gasteiger partial charge in [-0.25, -0.2) is 4.79 Å². The van der Waals surface area contributed by atoms with Crippen LogP contribution in [0.1, 0.15) is 0 Å². The third-order valence-corrected chi connectivity index (χ3v) is 2.07. The summed E-state index contributed by atoms with van der Waals surface area (Å²) in [6.07, 6.45) is 4.44. The lowest BCUT2D eigenvalue weighted by atomic mass is 10.2. The summed E-state index contributed by atoms with van der Waals surface area (Å²) in [7, 11) is 3.26. The smallest absolute Gasteiger partial charge is 0.409 e. The Hall–Kier alpha value is -2.17. The van der Waals surface area contributed by atoms with Crippen LogP contribution in [-0.4, -0.2) is 35.1 Å². The van der Waals surface area contributed by atoms with Gasteiger partial charge in [0, 0.05) is 31.9 Å². The van der Waals surface area contributed by atoms with E-state index in [9.17, 15) is 4.79 Å². The number of rotatable bonds is 1. The zero-order valence-electron chi connectivity index (χ0n) is 9.04. The van der Waals surface area contributed by atoms with Crippen molar-refractivity contribution in [1.29, 1.82) is 0 Å². The highest BCUT2D eigenvalue weighted by Crippen LogP contribution is 2.22. The SMILES string of the molecule is CN(C)C(=O)Oc1ccnc2cnccc12. The van der Waals surface area contributed by atoms with Gasteiger partial charge in [0.05, 0.1) is 11.7 Å². The van der Waals surface area contributed by atoms with Crippen molar-refractivity contribution < 1.29 is 9.53 Å². The van der Waals surface area contributed by atoms with Crippen LogP contribution in [0.4, 0.5) is 4.79 Å². The van der Waals surface area contributed by atoms with E-state index in [1.807, 2.05) is 0 Å². The van der Waals surface area contributed by atoms with E-state index in [0.29, 0.717) is 11.3 Å². The Morgan fingerprint density at radius 2 is 2.12 bits per heavy atom. The molecule has 0 unspecified atom stereocenters. The van der Waals surface area contributed by atoms with Crippen LogP contribution >= 0.6 is 0 Å². The third-order valence-electron chi connectivity index (χ3n) is 2.07. The summed E-state index contributed by atoms with van der Waals surface area (Å²) in [5.41, 5.74) is 0.701. The Kier molecular flexibility index (Phi) is 2.68. The van der Waals surface area contributed by atoms with Crippen LogP contribution in [-0.2, 0) is 0 Å². The van der Waals surface area contributed by atoms with Crippen molar-refractivity contribution in [2.24, 2.45) is 0 Å². The van der Waals surface area contributed by atoms with E-state index in [2.05, 4.69) is 9.97 Å². The molecule has 2 aromatic rings. The molecule has 5 heteroatoms. The molecule has 0 fully saturated rings. The van der Waals surface area contributed by atoms with Crippen LogP contribution in [0.3, 0.4) is 0 Å². The fourth-order valence-corrected chi connectivity index (χ4v) is 1.25. The third kappa shape index (κ3) is 1.93. The van der Waals surface area contributed by atoms with Gasteiger partial charge in [0.2, 0.25) is 0 Å². The summed E-state index contributed by atoms with van der Waals surface area (Å²) in [5, 5.41) is 0.771. The monoisotopic (exact) mass is 217 g/mol. The van der Waals surface area contributed by atoms with Gasteiger partial charge >= 0.3 is 6.09 Å². The highest BCUT2D eigenvalue weighted by atomic mass is 16.6. The molecular formula is C11H11N3O2. The first-order valence-corrected chi connectivity index (χ1v) is 4.76. The second-order valence-electron chi connectivity index (χ2n) is 3.46. The first-order chi connectivity index (χ1) is 7.68. The van der Waals surface area contributed by atoms with Gasteiger partial charge in [-0.05, 0) is 12.1 Å². The number of carbonyl (C=O) groups excluding carboxylic acids is 1. The topological polar surface area (TPSA) is 55.3 Å². The molecule has 0 aliphatic rings. The van der Waals surface area contributed by atoms with Crippen LogP contribution in [0.5, 0.6) is 5.75 Å². The summed E-state index contributed by atoms with van der Waals surface area (Å²) in [5.74, 6) is 0.492. The summed E-state index contributed by atoms with van der Waals surface area (Å²) >= 11 is 0. The van der Waals surface area contributed by atoms with Crippen LogP contribution in [0.2, 0.25) is 0 Å². The van der Waals surface area contributed by atoms with E-state index in [-0.39, 0.29) is 0 Å². The molecule has 0 saturated carbocycles. The molecule has 0 aliphatic heterocycles. The molecule has 16 heavy (non-hydrogen) atoms. The van der Waals surface area contributed by atoms with Gasteiger partial charge in [-0.1, -0.05) is 0 Å². The van der Waals surface area contributed by atoms with Gasteiger partial charge in [0.15, 0.2) is 0 Å². The molecule has 0 spiro atoms. The lowest BCUT2D eigenvalue weighted by Crippen LogP contribution is -2.25. The van der Waals surface area contributed by atoms with Gasteiger partial charge in [0.1, 0.15) is 5.75 Å². The normalized spacial score (nSPS) is 10.1. The van der Waals surface area contributed by atoms with Crippen LogP contribution in [0.25, 0.3) is 10.9 Å². The van der Waals surface area contributed by atoms with Crippen LogP contribution in [0, 0.1) is 0 Å². The first-order valence-electron chi connectivity index (χ1n) is 4.76. The number of fused-ring (bicyclic) bond motifs is 1. The molecule has 1 amide bonds. The standard InChI is InChI=1S/C11H11N3O2/c1-14(2)11(15)16-10-4-6-13-9-7-12-5-3-8(9)10/h3-7H,1-2H3. The molecule has 5 nitrogen and oxygen atoms in total. The Balaban J connectivity index is 2.41. The second-order valence-corrected chi connectivity index (χ2v) is 3.46. The van der Waals surface area contributed by atoms with Crippen molar-refractivity contribution in [1.82, 2.24) is 14.9 Å². The number of hydrogen-bond acceptors (Lipinski definition) is 4. The van der Waals surface area contributed by atoms with E-state index in [1.54, 1.807) is 44.8 Å². The molecule has 0 aliphatic carbocycles. The molecule has 0 radical (unpaired) electrons. The molecule has 2 rings (SSSR count). The maximum atomic E-state index is 11.4. The Bertz CT molecular complexity index is 520. The van der Waals surface area contributed by atoms with Gasteiger partial charge in [-0.15, -0.1) is 0 Å². The summed E-state index contributed by atoms with van der Waals surface area (Å²) < 4.78 is 5.21. The highest BCUT2D eigenvalue weighted by molar-refractivity contribution is 5.86. The molecule has 82 valence electrons. The number of aromatic nitrogens is 2. The van der Waals surface area contributed by atoms with Crippen LogP contribution < -0.4 is 4.74 Å². The molecule has 0 saturated heterocycles.